The molecule has 11 nitrogen and oxygen atoms in total. The Kier molecular flexibility index (Phi) is 6.60. The third-order valence-corrected chi connectivity index (χ3v) is 9.09. The predicted molar refractivity (Wildman–Crippen MR) is 143 cm³/mol. The van der Waals surface area contributed by atoms with Crippen molar-refractivity contribution in [3.63, 3.8) is 0 Å². The molecule has 2 aromatic carbocycles. The van der Waals surface area contributed by atoms with Gasteiger partial charge in [0.25, 0.3) is 0 Å². The third-order valence-electron chi connectivity index (χ3n) is 9.09. The van der Waals surface area contributed by atoms with Gasteiger partial charge in [-0.2, -0.15) is 0 Å². The maximum absolute atomic E-state index is 14.0. The number of ketones is 5. The average Bonchev–Trinajstić information content (AvgIpc) is 2.90. The molecule has 1 amide bonds. The summed E-state index contributed by atoms with van der Waals surface area (Å²) < 4.78 is 0. The Bertz CT molecular complexity index is 1550. The minimum atomic E-state index is -3.05. The van der Waals surface area contributed by atoms with Crippen LogP contribution in [0.15, 0.2) is 36.4 Å². The zero-order chi connectivity index (χ0) is 30.3. The molecule has 41 heavy (non-hydrogen) atoms. The number of hydrogen-bond acceptors (Lipinski definition) is 10. The van der Waals surface area contributed by atoms with Crippen molar-refractivity contribution < 1.29 is 44.1 Å². The number of phenolic OH excluding ortho intramolecular Hbond substituents is 1. The molecular formula is C30H30N2O9. The topological polar surface area (TPSA) is 192 Å². The monoisotopic (exact) mass is 562 g/mol. The number of aliphatic hydroxyl groups excluding tert-OH is 1. The summed E-state index contributed by atoms with van der Waals surface area (Å²) in [5, 5.41) is 34.7. The highest BCUT2D eigenvalue weighted by molar-refractivity contribution is 6.32. The molecule has 3 aliphatic rings. The van der Waals surface area contributed by atoms with Crippen LogP contribution in [0.2, 0.25) is 0 Å². The number of amides is 1. The van der Waals surface area contributed by atoms with E-state index in [1.165, 1.54) is 25.9 Å². The van der Waals surface area contributed by atoms with Gasteiger partial charge in [-0.25, -0.2) is 0 Å². The molecule has 5 N–H and O–H groups in total. The van der Waals surface area contributed by atoms with Gasteiger partial charge >= 0.3 is 0 Å². The van der Waals surface area contributed by atoms with E-state index in [-0.39, 0.29) is 16.9 Å². The number of carbonyl (C=O) groups is 6. The van der Waals surface area contributed by atoms with Crippen molar-refractivity contribution in [2.24, 2.45) is 29.4 Å². The van der Waals surface area contributed by atoms with Crippen LogP contribution in [0, 0.1) is 23.7 Å². The SMILES string of the molecule is CC(=O)c1ccc(-c2ccc3c(c2O)C(=O)C2C(=O)C4(O)C(=O)C(C(N)=O)C(=O)C(N(C)C)C4C(O)C2C3C)cc1. The Hall–Kier alpha value is -4.06. The second kappa shape index (κ2) is 9.51. The first-order valence-corrected chi connectivity index (χ1v) is 13.2. The van der Waals surface area contributed by atoms with Crippen LogP contribution in [0.5, 0.6) is 5.75 Å². The van der Waals surface area contributed by atoms with Crippen molar-refractivity contribution in [2.75, 3.05) is 14.1 Å². The Labute approximate surface area is 234 Å². The number of phenols is 1. The van der Waals surface area contributed by atoms with E-state index in [0.29, 0.717) is 16.7 Å². The number of benzene rings is 2. The number of aliphatic hydroxyl groups is 2. The molecule has 0 saturated heterocycles. The van der Waals surface area contributed by atoms with Gasteiger partial charge in [0.2, 0.25) is 5.91 Å². The van der Waals surface area contributed by atoms with Crippen LogP contribution in [0.25, 0.3) is 11.1 Å². The number of rotatable bonds is 4. The summed E-state index contributed by atoms with van der Waals surface area (Å²) in [4.78, 5) is 79.8. The second-order valence-corrected chi connectivity index (χ2v) is 11.4. The van der Waals surface area contributed by atoms with Gasteiger partial charge in [-0.3, -0.25) is 33.7 Å². The Morgan fingerprint density at radius 3 is 2.12 bits per heavy atom. The van der Waals surface area contributed by atoms with Crippen LogP contribution in [0.3, 0.4) is 0 Å². The van der Waals surface area contributed by atoms with Crippen molar-refractivity contribution in [1.29, 1.82) is 0 Å². The van der Waals surface area contributed by atoms with Crippen LogP contribution in [-0.4, -0.2) is 86.9 Å². The van der Waals surface area contributed by atoms with Gasteiger partial charge < -0.3 is 21.1 Å². The number of hydrogen-bond donors (Lipinski definition) is 4. The van der Waals surface area contributed by atoms with Crippen molar-refractivity contribution in [3.05, 3.63) is 53.1 Å². The molecule has 11 heteroatoms. The molecule has 5 rings (SSSR count). The van der Waals surface area contributed by atoms with Gasteiger partial charge in [0, 0.05) is 17.0 Å². The number of fused-ring (bicyclic) bond motifs is 3. The van der Waals surface area contributed by atoms with Crippen molar-refractivity contribution in [3.8, 4) is 16.9 Å². The minimum Gasteiger partial charge on any atom is -0.507 e. The molecule has 0 heterocycles. The molecule has 0 aliphatic heterocycles. The van der Waals surface area contributed by atoms with E-state index in [0.717, 1.165) is 0 Å². The highest BCUT2D eigenvalue weighted by atomic mass is 16.3. The van der Waals surface area contributed by atoms with Crippen LogP contribution in [0.4, 0.5) is 0 Å². The van der Waals surface area contributed by atoms with Crippen molar-refractivity contribution in [2.45, 2.75) is 37.5 Å². The average molecular weight is 563 g/mol. The molecule has 0 radical (unpaired) electrons. The zero-order valence-electron chi connectivity index (χ0n) is 22.8. The van der Waals surface area contributed by atoms with Gasteiger partial charge in [0.15, 0.2) is 40.4 Å². The summed E-state index contributed by atoms with van der Waals surface area (Å²) in [6.07, 6.45) is -1.69. The van der Waals surface area contributed by atoms with Gasteiger partial charge in [-0.05, 0) is 38.1 Å². The smallest absolute Gasteiger partial charge is 0.235 e. The first kappa shape index (κ1) is 28.5. The molecule has 2 fully saturated rings. The van der Waals surface area contributed by atoms with Gasteiger partial charge in [-0.15, -0.1) is 0 Å². The van der Waals surface area contributed by atoms with E-state index in [9.17, 15) is 44.1 Å². The Morgan fingerprint density at radius 1 is 0.976 bits per heavy atom. The first-order valence-electron chi connectivity index (χ1n) is 13.2. The fourth-order valence-electron chi connectivity index (χ4n) is 7.11. The molecule has 2 aromatic rings. The second-order valence-electron chi connectivity index (χ2n) is 11.4. The highest BCUT2D eigenvalue weighted by Gasteiger charge is 2.72. The molecule has 2 saturated carbocycles. The maximum atomic E-state index is 14.0. The fraction of sp³-hybridized carbons (Fsp3) is 0.400. The van der Waals surface area contributed by atoms with Crippen LogP contribution in [-0.2, 0) is 19.2 Å². The van der Waals surface area contributed by atoms with Gasteiger partial charge in [0.05, 0.1) is 29.5 Å². The summed E-state index contributed by atoms with van der Waals surface area (Å²) >= 11 is 0. The largest absolute Gasteiger partial charge is 0.507 e. The number of Topliss-reactive ketones (excluding diaryl/α,β-unsaturated/α-hetero) is 5. The Balaban J connectivity index is 1.67. The van der Waals surface area contributed by atoms with E-state index in [4.69, 9.17) is 5.73 Å². The lowest BCUT2D eigenvalue weighted by atomic mass is 9.49. The minimum absolute atomic E-state index is 0.152. The number of primary amides is 1. The zero-order valence-corrected chi connectivity index (χ0v) is 22.8. The fourth-order valence-corrected chi connectivity index (χ4v) is 7.11. The molecule has 8 unspecified atom stereocenters. The number of carbonyl (C=O) groups excluding carboxylic acids is 6. The van der Waals surface area contributed by atoms with Crippen LogP contribution < -0.4 is 5.73 Å². The molecule has 8 atom stereocenters. The highest BCUT2D eigenvalue weighted by Crippen LogP contribution is 2.55. The maximum Gasteiger partial charge on any atom is 0.235 e. The van der Waals surface area contributed by atoms with Crippen LogP contribution >= 0.6 is 0 Å². The van der Waals surface area contributed by atoms with E-state index >= 15 is 0 Å². The number of nitrogens with two attached hydrogens (primary N) is 1. The van der Waals surface area contributed by atoms with Gasteiger partial charge in [-0.1, -0.05) is 43.3 Å². The standard InChI is InChI=1S/C30H30N2O9/c1-11-15-9-10-16(14-7-5-13(6-8-14)12(2)33)23(34)18(15)24(35)19-17(11)25(36)21-22(32(3)4)26(37)20(29(31)40)28(39)30(21,41)27(19)38/h5-11,17,19-22,25,34,36,41H,1-4H3,(H2,31,40). The lowest BCUT2D eigenvalue weighted by molar-refractivity contribution is -0.196. The molecule has 0 aromatic heterocycles. The molecule has 0 bridgehead atoms. The van der Waals surface area contributed by atoms with Gasteiger partial charge in [0.1, 0.15) is 5.75 Å². The van der Waals surface area contributed by atoms with Crippen LogP contribution in [0.1, 0.15) is 46.0 Å². The Morgan fingerprint density at radius 2 is 1.59 bits per heavy atom. The van der Waals surface area contributed by atoms with E-state index < -0.39 is 82.1 Å². The summed E-state index contributed by atoms with van der Waals surface area (Å²) in [6.45, 7) is 3.06. The summed E-state index contributed by atoms with van der Waals surface area (Å²) in [5.74, 6) is -13.9. The molecule has 0 spiro atoms. The first-order chi connectivity index (χ1) is 19.2. The van der Waals surface area contributed by atoms with Crippen molar-refractivity contribution >= 4 is 34.8 Å². The third kappa shape index (κ3) is 3.76. The van der Waals surface area contributed by atoms with E-state index in [1.807, 2.05) is 0 Å². The number of nitrogens with zero attached hydrogens (tertiary/aromatic N) is 1. The molecule has 214 valence electrons. The van der Waals surface area contributed by atoms with E-state index in [1.54, 1.807) is 43.3 Å². The predicted octanol–water partition coefficient (Wildman–Crippen LogP) is 0.268. The summed E-state index contributed by atoms with van der Waals surface area (Å²) in [6, 6.07) is 8.10. The van der Waals surface area contributed by atoms with E-state index in [2.05, 4.69) is 0 Å². The number of aromatic hydroxyl groups is 1. The summed E-state index contributed by atoms with van der Waals surface area (Å²) in [7, 11) is 2.88. The lowest BCUT2D eigenvalue weighted by Crippen LogP contribution is -2.77. The molecular weight excluding hydrogens is 532 g/mol. The normalized spacial score (nSPS) is 32.8. The van der Waals surface area contributed by atoms with Crippen molar-refractivity contribution in [1.82, 2.24) is 4.90 Å². The molecule has 3 aliphatic carbocycles. The number of likely N-dealkylation sites (N-methyl/N-ethyl adjacent to an activating group) is 1. The lowest BCUT2D eigenvalue weighted by Gasteiger charge is -2.56. The summed E-state index contributed by atoms with van der Waals surface area (Å²) in [5.41, 5.74) is 3.63. The quantitative estimate of drug-likeness (QED) is 0.297.